The Labute approximate surface area is 85.8 Å². The molecule has 1 nitrogen and oxygen atoms in total. The highest BCUT2D eigenvalue weighted by atomic mass is 79.9. The lowest BCUT2D eigenvalue weighted by Crippen LogP contribution is -1.93. The molecule has 0 fully saturated rings. The van der Waals surface area contributed by atoms with Gasteiger partial charge in [0.05, 0.1) is 11.1 Å². The zero-order valence-electron chi connectivity index (χ0n) is 6.81. The van der Waals surface area contributed by atoms with Gasteiger partial charge in [0.1, 0.15) is 5.75 Å². The molecule has 1 aromatic rings. The van der Waals surface area contributed by atoms with Gasteiger partial charge in [-0.1, -0.05) is 12.1 Å². The van der Waals surface area contributed by atoms with E-state index < -0.39 is 0 Å². The van der Waals surface area contributed by atoms with Crippen LogP contribution in [0.5, 0.6) is 5.75 Å². The molecule has 0 spiro atoms. The first kappa shape index (κ1) is 9.87. The first-order chi connectivity index (χ1) is 5.79. The van der Waals surface area contributed by atoms with E-state index in [9.17, 15) is 0 Å². The van der Waals surface area contributed by atoms with E-state index in [1.807, 2.05) is 25.1 Å². The van der Waals surface area contributed by atoms with Crippen molar-refractivity contribution in [3.05, 3.63) is 28.2 Å². The van der Waals surface area contributed by atoms with Crippen LogP contribution in [0.1, 0.15) is 12.5 Å². The summed E-state index contributed by atoms with van der Waals surface area (Å²) < 4.78 is 6.33. The summed E-state index contributed by atoms with van der Waals surface area (Å²) in [5, 5.41) is 0. The van der Waals surface area contributed by atoms with E-state index in [-0.39, 0.29) is 0 Å². The van der Waals surface area contributed by atoms with Crippen LogP contribution >= 0.6 is 27.5 Å². The summed E-state index contributed by atoms with van der Waals surface area (Å²) in [5.41, 5.74) is 1.06. The SMILES string of the molecule is CCOc1cccc(CCl)c1Br. The standard InChI is InChI=1S/C9H10BrClO/c1-2-12-8-5-3-4-7(6-11)9(8)10/h3-5H,2,6H2,1H3. The lowest BCUT2D eigenvalue weighted by atomic mass is 10.2. The van der Waals surface area contributed by atoms with Crippen molar-refractivity contribution >= 4 is 27.5 Å². The molecule has 0 aliphatic rings. The average Bonchev–Trinajstić information content (AvgIpc) is 2.09. The largest absolute Gasteiger partial charge is 0.493 e. The highest BCUT2D eigenvalue weighted by Crippen LogP contribution is 2.29. The normalized spacial score (nSPS) is 9.92. The van der Waals surface area contributed by atoms with Crippen LogP contribution in [-0.2, 0) is 5.88 Å². The second-order valence-electron chi connectivity index (χ2n) is 2.30. The molecule has 1 rings (SSSR count). The van der Waals surface area contributed by atoms with Gasteiger partial charge in [0.25, 0.3) is 0 Å². The molecule has 12 heavy (non-hydrogen) atoms. The zero-order valence-corrected chi connectivity index (χ0v) is 9.15. The Balaban J connectivity index is 2.97. The predicted molar refractivity (Wildman–Crippen MR) is 54.9 cm³/mol. The van der Waals surface area contributed by atoms with Gasteiger partial charge in [0, 0.05) is 5.88 Å². The summed E-state index contributed by atoms with van der Waals surface area (Å²) in [4.78, 5) is 0. The lowest BCUT2D eigenvalue weighted by molar-refractivity contribution is 0.338. The topological polar surface area (TPSA) is 9.23 Å². The van der Waals surface area contributed by atoms with E-state index in [1.165, 1.54) is 0 Å². The summed E-state index contributed by atoms with van der Waals surface area (Å²) in [7, 11) is 0. The molecule has 66 valence electrons. The van der Waals surface area contributed by atoms with Crippen molar-refractivity contribution in [2.45, 2.75) is 12.8 Å². The van der Waals surface area contributed by atoms with Gasteiger partial charge in [0.2, 0.25) is 0 Å². The molecule has 0 heterocycles. The second-order valence-corrected chi connectivity index (χ2v) is 3.36. The molecule has 0 aliphatic heterocycles. The summed E-state index contributed by atoms with van der Waals surface area (Å²) >= 11 is 9.15. The molecule has 1 aromatic carbocycles. The molecule has 0 bridgehead atoms. The predicted octanol–water partition coefficient (Wildman–Crippen LogP) is 3.59. The highest BCUT2D eigenvalue weighted by molar-refractivity contribution is 9.10. The van der Waals surface area contributed by atoms with Gasteiger partial charge in [0.15, 0.2) is 0 Å². The van der Waals surface area contributed by atoms with Crippen LogP contribution in [0.25, 0.3) is 0 Å². The maximum Gasteiger partial charge on any atom is 0.133 e. The van der Waals surface area contributed by atoms with Crippen LogP contribution in [0.4, 0.5) is 0 Å². The van der Waals surface area contributed by atoms with Gasteiger partial charge in [-0.15, -0.1) is 11.6 Å². The highest BCUT2D eigenvalue weighted by Gasteiger charge is 2.04. The fraction of sp³-hybridized carbons (Fsp3) is 0.333. The smallest absolute Gasteiger partial charge is 0.133 e. The van der Waals surface area contributed by atoms with Gasteiger partial charge in [-0.2, -0.15) is 0 Å². The molecule has 0 aromatic heterocycles. The van der Waals surface area contributed by atoms with E-state index in [4.69, 9.17) is 16.3 Å². The summed E-state index contributed by atoms with van der Waals surface area (Å²) in [5.74, 6) is 1.36. The van der Waals surface area contributed by atoms with Crippen molar-refractivity contribution in [2.24, 2.45) is 0 Å². The van der Waals surface area contributed by atoms with Crippen molar-refractivity contribution in [3.8, 4) is 5.75 Å². The number of hydrogen-bond acceptors (Lipinski definition) is 1. The van der Waals surface area contributed by atoms with E-state index in [2.05, 4.69) is 15.9 Å². The number of hydrogen-bond donors (Lipinski definition) is 0. The Morgan fingerprint density at radius 2 is 2.25 bits per heavy atom. The molecule has 0 saturated carbocycles. The number of alkyl halides is 1. The summed E-state index contributed by atoms with van der Waals surface area (Å²) in [6, 6.07) is 5.83. The Morgan fingerprint density at radius 1 is 1.50 bits per heavy atom. The van der Waals surface area contributed by atoms with Crippen LogP contribution in [0.2, 0.25) is 0 Å². The lowest BCUT2D eigenvalue weighted by Gasteiger charge is -2.07. The van der Waals surface area contributed by atoms with Crippen LogP contribution in [0.3, 0.4) is 0 Å². The maximum absolute atomic E-state index is 5.72. The molecule has 0 N–H and O–H groups in total. The quantitative estimate of drug-likeness (QED) is 0.744. The maximum atomic E-state index is 5.72. The van der Waals surface area contributed by atoms with Gasteiger partial charge in [-0.3, -0.25) is 0 Å². The molecule has 0 unspecified atom stereocenters. The molecule has 0 radical (unpaired) electrons. The first-order valence-corrected chi connectivity index (χ1v) is 5.08. The average molecular weight is 250 g/mol. The fourth-order valence-electron chi connectivity index (χ4n) is 0.926. The third kappa shape index (κ3) is 2.14. The zero-order chi connectivity index (χ0) is 8.97. The molecular formula is C9H10BrClO. The van der Waals surface area contributed by atoms with E-state index in [0.29, 0.717) is 12.5 Å². The molecule has 0 atom stereocenters. The molecule has 0 amide bonds. The first-order valence-electron chi connectivity index (χ1n) is 3.75. The minimum absolute atomic E-state index is 0.501. The molecule has 3 heteroatoms. The summed E-state index contributed by atoms with van der Waals surface area (Å²) in [6.07, 6.45) is 0. The monoisotopic (exact) mass is 248 g/mol. The van der Waals surface area contributed by atoms with Crippen molar-refractivity contribution in [1.82, 2.24) is 0 Å². The van der Waals surface area contributed by atoms with E-state index in [1.54, 1.807) is 0 Å². The minimum atomic E-state index is 0.501. The van der Waals surface area contributed by atoms with Crippen LogP contribution in [-0.4, -0.2) is 6.61 Å². The third-order valence-corrected chi connectivity index (χ3v) is 2.68. The fourth-order valence-corrected chi connectivity index (χ4v) is 1.83. The van der Waals surface area contributed by atoms with Crippen molar-refractivity contribution in [2.75, 3.05) is 6.61 Å². The number of ether oxygens (including phenoxy) is 1. The second kappa shape index (κ2) is 4.73. The van der Waals surface area contributed by atoms with Crippen LogP contribution in [0.15, 0.2) is 22.7 Å². The van der Waals surface area contributed by atoms with Crippen molar-refractivity contribution in [3.63, 3.8) is 0 Å². The van der Waals surface area contributed by atoms with Gasteiger partial charge < -0.3 is 4.74 Å². The number of benzene rings is 1. The Hall–Kier alpha value is -0.210. The number of rotatable bonds is 3. The van der Waals surface area contributed by atoms with E-state index >= 15 is 0 Å². The number of halogens is 2. The van der Waals surface area contributed by atoms with Crippen molar-refractivity contribution in [1.29, 1.82) is 0 Å². The molecular weight excluding hydrogens is 239 g/mol. The van der Waals surface area contributed by atoms with Gasteiger partial charge in [-0.05, 0) is 34.5 Å². The third-order valence-electron chi connectivity index (χ3n) is 1.49. The van der Waals surface area contributed by atoms with Crippen LogP contribution in [0, 0.1) is 0 Å². The van der Waals surface area contributed by atoms with Gasteiger partial charge >= 0.3 is 0 Å². The van der Waals surface area contributed by atoms with Crippen molar-refractivity contribution < 1.29 is 4.74 Å². The molecule has 0 aliphatic carbocycles. The summed E-state index contributed by atoms with van der Waals surface area (Å²) in [6.45, 7) is 2.63. The Morgan fingerprint density at radius 3 is 2.83 bits per heavy atom. The Bertz CT molecular complexity index is 263. The van der Waals surface area contributed by atoms with Gasteiger partial charge in [-0.25, -0.2) is 0 Å². The minimum Gasteiger partial charge on any atom is -0.493 e. The molecule has 0 saturated heterocycles. The van der Waals surface area contributed by atoms with Crippen LogP contribution < -0.4 is 4.74 Å². The Kier molecular flexibility index (Phi) is 3.89. The van der Waals surface area contributed by atoms with E-state index in [0.717, 1.165) is 15.8 Å².